The highest BCUT2D eigenvalue weighted by Gasteiger charge is 2.30. The number of nitrogens with zero attached hydrogens (tertiary/aromatic N) is 1. The van der Waals surface area contributed by atoms with Gasteiger partial charge in [0.05, 0.1) is 0 Å². The van der Waals surface area contributed by atoms with Gasteiger partial charge in [0.2, 0.25) is 0 Å². The average molecular weight is 305 g/mol. The zero-order valence-corrected chi connectivity index (χ0v) is 12.5. The summed E-state index contributed by atoms with van der Waals surface area (Å²) in [4.78, 5) is 2.26. The fourth-order valence-electron chi connectivity index (χ4n) is 2.54. The van der Waals surface area contributed by atoms with E-state index in [1.807, 2.05) is 24.3 Å². The molecule has 0 saturated heterocycles. The van der Waals surface area contributed by atoms with Crippen LogP contribution in [0.3, 0.4) is 0 Å². The number of benzene rings is 2. The molecule has 2 nitrogen and oxygen atoms in total. The van der Waals surface area contributed by atoms with Crippen molar-refractivity contribution in [3.8, 4) is 0 Å². The zero-order valence-electron chi connectivity index (χ0n) is 11.7. The van der Waals surface area contributed by atoms with E-state index in [1.165, 1.54) is 6.07 Å². The van der Waals surface area contributed by atoms with E-state index in [4.69, 9.17) is 17.3 Å². The number of hydrogen-bond acceptors (Lipinski definition) is 2. The van der Waals surface area contributed by atoms with Crippen molar-refractivity contribution in [2.24, 2.45) is 0 Å². The lowest BCUT2D eigenvalue weighted by Crippen LogP contribution is -2.26. The third-order valence-corrected chi connectivity index (χ3v) is 4.27. The topological polar surface area (TPSA) is 29.3 Å². The van der Waals surface area contributed by atoms with Gasteiger partial charge in [0, 0.05) is 35.4 Å². The first-order valence-corrected chi connectivity index (χ1v) is 7.53. The maximum atomic E-state index is 14.0. The van der Waals surface area contributed by atoms with Crippen LogP contribution in [0.25, 0.3) is 0 Å². The molecule has 0 atom stereocenters. The van der Waals surface area contributed by atoms with Gasteiger partial charge in [-0.1, -0.05) is 35.9 Å². The molecule has 2 N–H and O–H groups in total. The number of rotatable bonds is 5. The fourth-order valence-corrected chi connectivity index (χ4v) is 2.76. The summed E-state index contributed by atoms with van der Waals surface area (Å²) in [5, 5.41) is 0.488. The lowest BCUT2D eigenvalue weighted by molar-refractivity contribution is 0.243. The summed E-state index contributed by atoms with van der Waals surface area (Å²) in [6, 6.07) is 13.2. The Morgan fingerprint density at radius 2 is 1.86 bits per heavy atom. The SMILES string of the molecule is Nc1ccccc1CN(Cc1c(F)cccc1Cl)C1CC1. The third-order valence-electron chi connectivity index (χ3n) is 3.91. The van der Waals surface area contributed by atoms with Crippen molar-refractivity contribution in [2.75, 3.05) is 5.73 Å². The summed E-state index contributed by atoms with van der Waals surface area (Å²) in [6.07, 6.45) is 2.30. The summed E-state index contributed by atoms with van der Waals surface area (Å²) in [5.41, 5.74) is 8.45. The van der Waals surface area contributed by atoms with Crippen LogP contribution in [0.5, 0.6) is 0 Å². The van der Waals surface area contributed by atoms with Crippen LogP contribution >= 0.6 is 11.6 Å². The largest absolute Gasteiger partial charge is 0.398 e. The molecule has 2 aromatic carbocycles. The van der Waals surface area contributed by atoms with Crippen molar-refractivity contribution in [1.29, 1.82) is 0 Å². The van der Waals surface area contributed by atoms with Gasteiger partial charge in [0.25, 0.3) is 0 Å². The van der Waals surface area contributed by atoms with Crippen LogP contribution in [-0.4, -0.2) is 10.9 Å². The van der Waals surface area contributed by atoms with Gasteiger partial charge >= 0.3 is 0 Å². The minimum Gasteiger partial charge on any atom is -0.398 e. The molecule has 0 aliphatic heterocycles. The van der Waals surface area contributed by atoms with Gasteiger partial charge in [-0.3, -0.25) is 4.90 Å². The van der Waals surface area contributed by atoms with E-state index in [1.54, 1.807) is 12.1 Å². The highest BCUT2D eigenvalue weighted by Crippen LogP contribution is 2.32. The molecule has 3 rings (SSSR count). The zero-order chi connectivity index (χ0) is 14.8. The Morgan fingerprint density at radius 1 is 1.10 bits per heavy atom. The third kappa shape index (κ3) is 3.36. The number of anilines is 1. The van der Waals surface area contributed by atoms with Gasteiger partial charge in [-0.25, -0.2) is 4.39 Å². The van der Waals surface area contributed by atoms with Gasteiger partial charge in [-0.05, 0) is 36.6 Å². The summed E-state index contributed by atoms with van der Waals surface area (Å²) >= 11 is 6.14. The molecular weight excluding hydrogens is 287 g/mol. The van der Waals surface area contributed by atoms with E-state index in [2.05, 4.69) is 4.90 Å². The predicted molar refractivity (Wildman–Crippen MR) is 84.5 cm³/mol. The van der Waals surface area contributed by atoms with E-state index < -0.39 is 0 Å². The van der Waals surface area contributed by atoms with Gasteiger partial charge in [0.1, 0.15) is 5.82 Å². The second-order valence-electron chi connectivity index (χ2n) is 5.54. The summed E-state index contributed by atoms with van der Waals surface area (Å²) in [6.45, 7) is 1.24. The highest BCUT2D eigenvalue weighted by molar-refractivity contribution is 6.31. The standard InChI is InChI=1S/C17H18ClFN2/c18-15-5-3-6-16(19)14(15)11-21(13-8-9-13)10-12-4-1-2-7-17(12)20/h1-7,13H,8-11,20H2. The molecule has 0 amide bonds. The molecule has 0 radical (unpaired) electrons. The first kappa shape index (κ1) is 14.4. The lowest BCUT2D eigenvalue weighted by atomic mass is 10.1. The van der Waals surface area contributed by atoms with Crippen molar-refractivity contribution >= 4 is 17.3 Å². The van der Waals surface area contributed by atoms with E-state index in [0.717, 1.165) is 30.6 Å². The molecule has 1 aliphatic carbocycles. The summed E-state index contributed by atoms with van der Waals surface area (Å²) < 4.78 is 14.0. The Hall–Kier alpha value is -1.58. The smallest absolute Gasteiger partial charge is 0.129 e. The maximum Gasteiger partial charge on any atom is 0.129 e. The minimum absolute atomic E-state index is 0.241. The molecule has 0 aromatic heterocycles. The molecule has 0 unspecified atom stereocenters. The number of nitrogens with two attached hydrogens (primary N) is 1. The lowest BCUT2D eigenvalue weighted by Gasteiger charge is -2.23. The van der Waals surface area contributed by atoms with Gasteiger partial charge in [-0.2, -0.15) is 0 Å². The van der Waals surface area contributed by atoms with Crippen LogP contribution in [0.2, 0.25) is 5.02 Å². The van der Waals surface area contributed by atoms with Gasteiger partial charge in [-0.15, -0.1) is 0 Å². The van der Waals surface area contributed by atoms with Crippen LogP contribution in [0.15, 0.2) is 42.5 Å². The van der Waals surface area contributed by atoms with E-state index in [0.29, 0.717) is 23.2 Å². The monoisotopic (exact) mass is 304 g/mol. The first-order valence-electron chi connectivity index (χ1n) is 7.15. The van der Waals surface area contributed by atoms with Crippen LogP contribution in [-0.2, 0) is 13.1 Å². The Bertz CT molecular complexity index is 620. The van der Waals surface area contributed by atoms with Crippen molar-refractivity contribution in [3.05, 3.63) is 64.4 Å². The van der Waals surface area contributed by atoms with Crippen molar-refractivity contribution in [1.82, 2.24) is 4.90 Å². The van der Waals surface area contributed by atoms with Crippen LogP contribution in [0.4, 0.5) is 10.1 Å². The second kappa shape index (κ2) is 6.04. The quantitative estimate of drug-likeness (QED) is 0.838. The molecule has 2 aromatic rings. The molecule has 0 heterocycles. The van der Waals surface area contributed by atoms with Gasteiger partial charge in [0.15, 0.2) is 0 Å². The second-order valence-corrected chi connectivity index (χ2v) is 5.94. The van der Waals surface area contributed by atoms with E-state index in [9.17, 15) is 4.39 Å². The summed E-state index contributed by atoms with van der Waals surface area (Å²) in [7, 11) is 0. The fraction of sp³-hybridized carbons (Fsp3) is 0.294. The average Bonchev–Trinajstić information content (AvgIpc) is 3.28. The van der Waals surface area contributed by atoms with Crippen LogP contribution in [0, 0.1) is 5.82 Å². The Kier molecular flexibility index (Phi) is 4.13. The maximum absolute atomic E-state index is 14.0. The van der Waals surface area contributed by atoms with E-state index >= 15 is 0 Å². The normalized spacial score (nSPS) is 14.6. The Labute approximate surface area is 129 Å². The molecule has 110 valence electrons. The van der Waals surface area contributed by atoms with Crippen molar-refractivity contribution < 1.29 is 4.39 Å². The molecular formula is C17H18ClFN2. The molecule has 1 saturated carbocycles. The number of para-hydroxylation sites is 1. The molecule has 0 bridgehead atoms. The number of halogens is 2. The summed E-state index contributed by atoms with van der Waals surface area (Å²) in [5.74, 6) is -0.241. The Balaban J connectivity index is 1.81. The predicted octanol–water partition coefficient (Wildman–Crippen LogP) is 4.23. The molecule has 1 aliphatic rings. The van der Waals surface area contributed by atoms with Crippen molar-refractivity contribution in [3.63, 3.8) is 0 Å². The first-order chi connectivity index (χ1) is 10.1. The van der Waals surface area contributed by atoms with Crippen LogP contribution in [0.1, 0.15) is 24.0 Å². The molecule has 4 heteroatoms. The highest BCUT2D eigenvalue weighted by atomic mass is 35.5. The molecule has 0 spiro atoms. The number of nitrogen functional groups attached to an aromatic ring is 1. The van der Waals surface area contributed by atoms with Crippen molar-refractivity contribution in [2.45, 2.75) is 32.0 Å². The minimum atomic E-state index is -0.241. The molecule has 21 heavy (non-hydrogen) atoms. The number of hydrogen-bond donors (Lipinski definition) is 1. The Morgan fingerprint density at radius 3 is 2.52 bits per heavy atom. The van der Waals surface area contributed by atoms with E-state index in [-0.39, 0.29) is 5.82 Å². The van der Waals surface area contributed by atoms with Gasteiger partial charge < -0.3 is 5.73 Å². The van der Waals surface area contributed by atoms with Crippen LogP contribution < -0.4 is 5.73 Å². The molecule has 1 fully saturated rings.